The number of carboxylic acid groups (broad SMARTS) is 1. The van der Waals surface area contributed by atoms with Gasteiger partial charge < -0.3 is 81.8 Å². The highest BCUT2D eigenvalue weighted by atomic mass is 16.7. The molecular weight excluding hydrogens is 975 g/mol. The number of carboxylic acids is 1. The number of ether oxygens (including phenoxy) is 3. The first-order valence-corrected chi connectivity index (χ1v) is 26.7. The number of nitrogens with zero attached hydrogens (tertiary/aromatic N) is 1. The van der Waals surface area contributed by atoms with Crippen LogP contribution < -0.4 is 11.5 Å². The van der Waals surface area contributed by atoms with Gasteiger partial charge >= 0.3 is 17.9 Å². The van der Waals surface area contributed by atoms with Crippen LogP contribution in [0.25, 0.3) is 0 Å². The fourth-order valence-electron chi connectivity index (χ4n) is 9.34. The minimum absolute atomic E-state index is 0.0618. The maximum absolute atomic E-state index is 13.6. The first-order valence-electron chi connectivity index (χ1n) is 26.7. The van der Waals surface area contributed by atoms with E-state index in [1.54, 1.807) is 65.0 Å². The number of carbonyl (C=O) groups excluding carboxylic acids is 2. The van der Waals surface area contributed by atoms with Gasteiger partial charge in [-0.3, -0.25) is 14.6 Å². The molecule has 2 aliphatic rings. The van der Waals surface area contributed by atoms with Crippen molar-refractivity contribution in [1.82, 2.24) is 0 Å². The van der Waals surface area contributed by atoms with Crippen LogP contribution in [0.15, 0.2) is 64.7 Å². The molecule has 430 valence electrons. The van der Waals surface area contributed by atoms with Crippen molar-refractivity contribution in [2.45, 2.75) is 224 Å². The van der Waals surface area contributed by atoms with Gasteiger partial charge in [-0.2, -0.15) is 0 Å². The summed E-state index contributed by atoms with van der Waals surface area (Å²) in [5.74, 6) is -7.78. The van der Waals surface area contributed by atoms with E-state index in [2.05, 4.69) is 17.1 Å². The number of esters is 2. The summed E-state index contributed by atoms with van der Waals surface area (Å²) in [5.41, 5.74) is 11.6. The number of fused-ring (bicyclic) bond motifs is 2. The van der Waals surface area contributed by atoms with Gasteiger partial charge in [0.05, 0.1) is 54.9 Å². The van der Waals surface area contributed by atoms with Crippen molar-refractivity contribution in [1.29, 1.82) is 0 Å². The fourth-order valence-corrected chi connectivity index (χ4v) is 9.34. The molecule has 0 radical (unpaired) electrons. The van der Waals surface area contributed by atoms with Crippen molar-refractivity contribution in [3.05, 3.63) is 59.8 Å². The number of rotatable bonds is 12. The third-order valence-electron chi connectivity index (χ3n) is 14.5. The van der Waals surface area contributed by atoms with Crippen LogP contribution >= 0.6 is 0 Å². The number of nitrogens with two attached hydrogens (primary N) is 2. The second-order valence-electron chi connectivity index (χ2n) is 21.4. The number of cyclic esters (lactones) is 1. The van der Waals surface area contributed by atoms with E-state index in [1.807, 2.05) is 19.9 Å². The largest absolute Gasteiger partial charge is 0.481 e. The Balaban J connectivity index is 2.45. The molecule has 2 heterocycles. The van der Waals surface area contributed by atoms with Crippen LogP contribution in [-0.2, 0) is 28.6 Å². The average Bonchev–Trinajstić information content (AvgIpc) is 3.31. The van der Waals surface area contributed by atoms with E-state index < -0.39 is 128 Å². The van der Waals surface area contributed by atoms with Crippen LogP contribution in [0.2, 0.25) is 0 Å². The lowest BCUT2D eigenvalue weighted by molar-refractivity contribution is -0.333. The minimum atomic E-state index is -2.52. The Morgan fingerprint density at radius 1 is 0.787 bits per heavy atom. The van der Waals surface area contributed by atoms with Crippen molar-refractivity contribution in [3.8, 4) is 0 Å². The lowest BCUT2D eigenvalue weighted by Crippen LogP contribution is -2.60. The number of aliphatic imine (C=N–C) groups is 1. The molecule has 18 unspecified atom stereocenters. The number of allylic oxidation sites excluding steroid dienone is 6. The predicted molar refractivity (Wildman–Crippen MR) is 282 cm³/mol. The predicted octanol–water partition coefficient (Wildman–Crippen LogP) is 3.11. The van der Waals surface area contributed by atoms with Gasteiger partial charge in [0, 0.05) is 68.4 Å². The van der Waals surface area contributed by atoms with Gasteiger partial charge in [-0.25, -0.2) is 4.79 Å². The zero-order valence-electron chi connectivity index (χ0n) is 45.2. The lowest BCUT2D eigenvalue weighted by atomic mass is 9.84. The van der Waals surface area contributed by atoms with Crippen LogP contribution in [0.1, 0.15) is 145 Å². The Morgan fingerprint density at radius 3 is 2.07 bits per heavy atom. The van der Waals surface area contributed by atoms with Gasteiger partial charge in [0.1, 0.15) is 24.7 Å². The number of guanidine groups is 1. The maximum atomic E-state index is 13.6. The molecule has 1 fully saturated rings. The van der Waals surface area contributed by atoms with Gasteiger partial charge in [0.25, 0.3) is 0 Å². The summed E-state index contributed by atoms with van der Waals surface area (Å²) in [5, 5.41) is 120. The van der Waals surface area contributed by atoms with Crippen molar-refractivity contribution in [2.75, 3.05) is 6.54 Å². The minimum Gasteiger partial charge on any atom is -0.481 e. The molecule has 0 aromatic carbocycles. The van der Waals surface area contributed by atoms with Crippen molar-refractivity contribution >= 4 is 23.9 Å². The van der Waals surface area contributed by atoms with E-state index in [9.17, 15) is 70.6 Å². The molecule has 20 heteroatoms. The molecule has 0 saturated carbocycles. The van der Waals surface area contributed by atoms with Crippen LogP contribution in [-0.4, -0.2) is 166 Å². The molecule has 0 aliphatic carbocycles. The summed E-state index contributed by atoms with van der Waals surface area (Å²) in [7, 11) is 0. The molecule has 0 aromatic rings. The highest BCUT2D eigenvalue weighted by molar-refractivity contribution is 5.90. The first-order chi connectivity index (χ1) is 35.1. The zero-order chi connectivity index (χ0) is 56.6. The summed E-state index contributed by atoms with van der Waals surface area (Å²) in [4.78, 5) is 41.5. The number of aliphatic carboxylic acids is 1. The first kappa shape index (κ1) is 67.1. The monoisotopic (exact) mass is 1070 g/mol. The molecule has 0 amide bonds. The third kappa shape index (κ3) is 25.3. The number of carbonyl (C=O) groups is 3. The molecule has 15 N–H and O–H groups in total. The Kier molecular flexibility index (Phi) is 30.4. The Morgan fingerprint density at radius 2 is 1.41 bits per heavy atom. The number of unbranched alkanes of at least 4 members (excludes halogenated alkanes) is 2. The van der Waals surface area contributed by atoms with Crippen LogP contribution in [0.5, 0.6) is 0 Å². The Labute approximate surface area is 443 Å². The molecular formula is C55H93N3O17. The zero-order valence-corrected chi connectivity index (χ0v) is 45.2. The molecule has 2 aliphatic heterocycles. The van der Waals surface area contributed by atoms with Gasteiger partial charge in [-0.1, -0.05) is 83.2 Å². The molecule has 18 atom stereocenters. The summed E-state index contributed by atoms with van der Waals surface area (Å²) in [6, 6.07) is 0. The van der Waals surface area contributed by atoms with E-state index in [0.717, 1.165) is 32.1 Å². The summed E-state index contributed by atoms with van der Waals surface area (Å²) in [6.45, 7) is 12.8. The average molecular weight is 1070 g/mol. The number of aliphatic hydroxyl groups is 10. The van der Waals surface area contributed by atoms with E-state index in [1.165, 1.54) is 0 Å². The maximum Gasteiger partial charge on any atom is 0.334 e. The molecule has 0 aromatic heterocycles. The van der Waals surface area contributed by atoms with Gasteiger partial charge in [0.2, 0.25) is 0 Å². The van der Waals surface area contributed by atoms with Crippen molar-refractivity contribution < 1.29 is 84.8 Å². The molecule has 0 spiro atoms. The smallest absolute Gasteiger partial charge is 0.334 e. The van der Waals surface area contributed by atoms with Gasteiger partial charge in [-0.05, 0) is 82.6 Å². The second kappa shape index (κ2) is 34.0. The normalized spacial score (nSPS) is 35.8. The van der Waals surface area contributed by atoms with Crippen molar-refractivity contribution in [3.63, 3.8) is 0 Å². The number of aliphatic hydroxyl groups excluding tert-OH is 9. The molecule has 75 heavy (non-hydrogen) atoms. The quantitative estimate of drug-likeness (QED) is 0.0333. The highest BCUT2D eigenvalue weighted by Crippen LogP contribution is 2.36. The summed E-state index contributed by atoms with van der Waals surface area (Å²) >= 11 is 0. The second-order valence-corrected chi connectivity index (χ2v) is 21.4. The Hall–Kier alpha value is -4.06. The summed E-state index contributed by atoms with van der Waals surface area (Å²) < 4.78 is 17.5. The summed E-state index contributed by atoms with van der Waals surface area (Å²) in [6.07, 6.45) is 0.718. The van der Waals surface area contributed by atoms with Crippen LogP contribution in [0.3, 0.4) is 0 Å². The van der Waals surface area contributed by atoms with Crippen LogP contribution in [0.4, 0.5) is 0 Å². The highest BCUT2D eigenvalue weighted by Gasteiger charge is 2.50. The van der Waals surface area contributed by atoms with Gasteiger partial charge in [0.15, 0.2) is 11.7 Å². The number of hydrogen-bond donors (Lipinski definition) is 13. The van der Waals surface area contributed by atoms with E-state index >= 15 is 0 Å². The number of hydrogen-bond acceptors (Lipinski definition) is 17. The van der Waals surface area contributed by atoms with Crippen molar-refractivity contribution in [2.24, 2.45) is 46.0 Å². The Bertz CT molecular complexity index is 1910. The lowest BCUT2D eigenvalue weighted by Gasteiger charge is -2.45. The molecule has 2 rings (SSSR count). The van der Waals surface area contributed by atoms with E-state index in [-0.39, 0.29) is 69.2 Å². The standard InChI is InChI=1S/C55H93N3O17/c1-32-17-14-19-36(5)51(35(4)16-12-10-8-9-11-13-23-58-54(56)57)74-53(71)37(6)20-15-18-33(2)45(63)29-46(64)38(7)43(61)22-21-34(3)48(66)31-55(72)52(70)47(65)28-42(75-55)27-41(73-50(69)30-49(67)68)25-39(59)24-40(60)26-44(32)62/h8-9,14-15,17-20,33-36,38-48,51-52,59-66,70,72H,10-13,16,21-31H2,1-7H3,(H,67,68)(H4,56,57,58). The van der Waals surface area contributed by atoms with E-state index in [4.69, 9.17) is 25.7 Å². The SMILES string of the molecule is CC1=CC=CC(C)C(O)CC(O)C(C)C(O)CCC(C)C(O)CC2(O)OC(CC(OC(=O)CC(=O)O)CC(O)CC(O)CC(O)C(C)=CC=CC(C)C(C(C)CCCC=CCCCN=C(N)N)OC1=O)CC(O)C2O. The molecule has 1 saturated heterocycles. The molecule has 20 nitrogen and oxygen atoms in total. The third-order valence-corrected chi connectivity index (χ3v) is 14.5. The topological polar surface area (TPSA) is 366 Å². The fraction of sp³-hybridized carbons (Fsp3) is 0.745. The molecule has 2 bridgehead atoms. The van der Waals surface area contributed by atoms with Gasteiger partial charge in [-0.15, -0.1) is 0 Å². The van der Waals surface area contributed by atoms with E-state index in [0.29, 0.717) is 17.7 Å². The van der Waals surface area contributed by atoms with Crippen LogP contribution in [0, 0.1) is 29.6 Å².